The molecule has 2 aliphatic rings. The fourth-order valence-corrected chi connectivity index (χ4v) is 4.12. The fourth-order valence-electron chi connectivity index (χ4n) is 3.47. The number of nitrogens with one attached hydrogen (secondary N) is 1. The van der Waals surface area contributed by atoms with Crippen LogP contribution in [0, 0.1) is 17.8 Å². The first-order valence-electron chi connectivity index (χ1n) is 9.89. The van der Waals surface area contributed by atoms with E-state index in [1.165, 1.54) is 18.4 Å². The molecule has 27 heavy (non-hydrogen) atoms. The summed E-state index contributed by atoms with van der Waals surface area (Å²) in [5.74, 6) is 7.97. The smallest absolute Gasteiger partial charge is 0.254 e. The highest BCUT2D eigenvalue weighted by molar-refractivity contribution is 7.97. The van der Waals surface area contributed by atoms with Gasteiger partial charge in [0.15, 0.2) is 0 Å². The lowest BCUT2D eigenvalue weighted by Gasteiger charge is -2.32. The van der Waals surface area contributed by atoms with Crippen LogP contribution in [0.25, 0.3) is 0 Å². The van der Waals surface area contributed by atoms with E-state index in [0.717, 1.165) is 24.2 Å². The van der Waals surface area contributed by atoms with Crippen LogP contribution in [0.1, 0.15) is 51.2 Å². The summed E-state index contributed by atoms with van der Waals surface area (Å²) in [6.45, 7) is 5.93. The van der Waals surface area contributed by atoms with E-state index in [1.54, 1.807) is 25.8 Å². The number of hydrogen-bond acceptors (Lipinski definition) is 4. The molecule has 0 radical (unpaired) electrons. The number of rotatable bonds is 6. The third kappa shape index (κ3) is 5.51. The number of carbonyl (C=O) groups excluding carboxylic acids is 1. The molecule has 0 spiro atoms. The highest BCUT2D eigenvalue weighted by Gasteiger charge is 2.41. The largest absolute Gasteiger partial charge is 0.381 e. The van der Waals surface area contributed by atoms with Crippen molar-refractivity contribution in [3.05, 3.63) is 35.4 Å². The molecule has 5 heteroatoms. The lowest BCUT2D eigenvalue weighted by molar-refractivity contribution is -0.148. The van der Waals surface area contributed by atoms with Crippen molar-refractivity contribution in [2.24, 2.45) is 5.92 Å². The molecular weight excluding hydrogens is 356 g/mol. The normalized spacial score (nSPS) is 22.4. The van der Waals surface area contributed by atoms with Gasteiger partial charge in [-0.15, -0.1) is 0 Å². The zero-order chi connectivity index (χ0) is 19.4. The molecule has 146 valence electrons. The van der Waals surface area contributed by atoms with Crippen molar-refractivity contribution in [2.75, 3.05) is 12.3 Å². The standard InChI is InChI=1S/C22H30N2O2S/c1-4-27-23-19-12-13-24(21(25)22(2,3)26)20(19)15-18-7-5-6-17(14-18)11-10-16-8-9-16/h5-7,14,16,19-20,23,26H,4,8-9,12-13,15H2,1-3H3. The van der Waals surface area contributed by atoms with Crippen molar-refractivity contribution < 1.29 is 9.90 Å². The van der Waals surface area contributed by atoms with Crippen LogP contribution in [0.15, 0.2) is 24.3 Å². The van der Waals surface area contributed by atoms with Crippen molar-refractivity contribution in [1.29, 1.82) is 0 Å². The van der Waals surface area contributed by atoms with Gasteiger partial charge in [-0.05, 0) is 57.2 Å². The molecule has 1 aromatic rings. The molecule has 2 fully saturated rings. The molecule has 4 nitrogen and oxygen atoms in total. The van der Waals surface area contributed by atoms with Gasteiger partial charge in [0.1, 0.15) is 5.60 Å². The van der Waals surface area contributed by atoms with E-state index in [9.17, 15) is 9.90 Å². The van der Waals surface area contributed by atoms with E-state index >= 15 is 0 Å². The quantitative estimate of drug-likeness (QED) is 0.583. The maximum atomic E-state index is 12.8. The Labute approximate surface area is 167 Å². The second kappa shape index (κ2) is 8.68. The first-order chi connectivity index (χ1) is 12.9. The van der Waals surface area contributed by atoms with Gasteiger partial charge in [-0.1, -0.05) is 42.8 Å². The summed E-state index contributed by atoms with van der Waals surface area (Å²) in [7, 11) is 0. The molecule has 0 bridgehead atoms. The lowest BCUT2D eigenvalue weighted by Crippen LogP contribution is -2.51. The SMILES string of the molecule is CCSNC1CCN(C(=O)C(C)(C)O)C1Cc1cccc(C#CC2CC2)c1. The van der Waals surface area contributed by atoms with Crippen molar-refractivity contribution in [1.82, 2.24) is 9.62 Å². The van der Waals surface area contributed by atoms with Gasteiger partial charge in [-0.25, -0.2) is 0 Å². The minimum Gasteiger partial charge on any atom is -0.381 e. The van der Waals surface area contributed by atoms with Crippen LogP contribution in [0.2, 0.25) is 0 Å². The molecule has 1 aliphatic carbocycles. The van der Waals surface area contributed by atoms with Crippen molar-refractivity contribution in [3.63, 3.8) is 0 Å². The van der Waals surface area contributed by atoms with E-state index in [1.807, 2.05) is 11.0 Å². The Bertz CT molecular complexity index is 728. The van der Waals surface area contributed by atoms with Gasteiger partial charge in [-0.3, -0.25) is 9.52 Å². The van der Waals surface area contributed by atoms with Crippen LogP contribution in [-0.4, -0.2) is 45.9 Å². The average molecular weight is 387 g/mol. The Morgan fingerprint density at radius 1 is 1.37 bits per heavy atom. The minimum absolute atomic E-state index is 0.0367. The van der Waals surface area contributed by atoms with Gasteiger partial charge in [0.2, 0.25) is 0 Å². The summed E-state index contributed by atoms with van der Waals surface area (Å²) in [4.78, 5) is 14.6. The highest BCUT2D eigenvalue weighted by Crippen LogP contribution is 2.28. The number of amides is 1. The molecule has 1 saturated carbocycles. The van der Waals surface area contributed by atoms with Gasteiger partial charge in [0.25, 0.3) is 5.91 Å². The van der Waals surface area contributed by atoms with Gasteiger partial charge >= 0.3 is 0 Å². The van der Waals surface area contributed by atoms with E-state index < -0.39 is 5.60 Å². The lowest BCUT2D eigenvalue weighted by atomic mass is 9.98. The number of hydrogen-bond donors (Lipinski definition) is 2. The number of aliphatic hydroxyl groups is 1. The Morgan fingerprint density at radius 3 is 2.81 bits per heavy atom. The van der Waals surface area contributed by atoms with E-state index in [0.29, 0.717) is 12.5 Å². The molecular formula is C22H30N2O2S. The number of nitrogens with zero attached hydrogens (tertiary/aromatic N) is 1. The summed E-state index contributed by atoms with van der Waals surface area (Å²) in [5, 5.41) is 10.2. The molecule has 1 amide bonds. The van der Waals surface area contributed by atoms with Crippen LogP contribution >= 0.6 is 11.9 Å². The molecule has 2 atom stereocenters. The third-order valence-electron chi connectivity index (χ3n) is 5.08. The van der Waals surface area contributed by atoms with Crippen LogP contribution in [-0.2, 0) is 11.2 Å². The second-order valence-electron chi connectivity index (χ2n) is 8.02. The number of likely N-dealkylation sites (tertiary alicyclic amines) is 1. The predicted octanol–water partition coefficient (Wildman–Crippen LogP) is 2.99. The monoisotopic (exact) mass is 386 g/mol. The van der Waals surface area contributed by atoms with Gasteiger partial charge in [0.05, 0.1) is 6.04 Å². The van der Waals surface area contributed by atoms with Gasteiger partial charge in [-0.2, -0.15) is 0 Å². The van der Waals surface area contributed by atoms with Gasteiger partial charge in [0, 0.05) is 29.8 Å². The Balaban J connectivity index is 1.77. The Hall–Kier alpha value is -1.48. The first-order valence-corrected chi connectivity index (χ1v) is 10.9. The molecule has 2 N–H and O–H groups in total. The second-order valence-corrected chi connectivity index (χ2v) is 9.12. The maximum Gasteiger partial charge on any atom is 0.254 e. The van der Waals surface area contributed by atoms with E-state index in [2.05, 4.69) is 41.7 Å². The molecule has 1 aliphatic heterocycles. The fraction of sp³-hybridized carbons (Fsp3) is 0.591. The van der Waals surface area contributed by atoms with Crippen molar-refractivity contribution in [3.8, 4) is 11.8 Å². The molecule has 1 aromatic carbocycles. The first kappa shape index (κ1) is 20.3. The topological polar surface area (TPSA) is 52.6 Å². The Morgan fingerprint density at radius 2 is 2.15 bits per heavy atom. The van der Waals surface area contributed by atoms with Crippen LogP contribution < -0.4 is 4.72 Å². The van der Waals surface area contributed by atoms with Crippen LogP contribution in [0.5, 0.6) is 0 Å². The molecule has 2 unspecified atom stereocenters. The van der Waals surface area contributed by atoms with Crippen molar-refractivity contribution in [2.45, 2.75) is 64.1 Å². The number of benzene rings is 1. The zero-order valence-electron chi connectivity index (χ0n) is 16.5. The summed E-state index contributed by atoms with van der Waals surface area (Å²) in [5.41, 5.74) is 0.888. The van der Waals surface area contributed by atoms with Gasteiger partial charge < -0.3 is 10.0 Å². The molecule has 1 heterocycles. The summed E-state index contributed by atoms with van der Waals surface area (Å²) in [6.07, 6.45) is 4.12. The maximum absolute atomic E-state index is 12.8. The van der Waals surface area contributed by atoms with Crippen LogP contribution in [0.3, 0.4) is 0 Å². The Kier molecular flexibility index (Phi) is 6.52. The van der Waals surface area contributed by atoms with E-state index in [-0.39, 0.29) is 18.0 Å². The average Bonchev–Trinajstić information content (AvgIpc) is 3.38. The summed E-state index contributed by atoms with van der Waals surface area (Å²) in [6, 6.07) is 8.61. The summed E-state index contributed by atoms with van der Waals surface area (Å²) >= 11 is 1.69. The highest BCUT2D eigenvalue weighted by atomic mass is 32.2. The molecule has 3 rings (SSSR count). The summed E-state index contributed by atoms with van der Waals surface area (Å²) < 4.78 is 3.51. The number of carbonyl (C=O) groups is 1. The molecule has 0 aromatic heterocycles. The zero-order valence-corrected chi connectivity index (χ0v) is 17.3. The van der Waals surface area contributed by atoms with E-state index in [4.69, 9.17) is 0 Å². The molecule has 1 saturated heterocycles. The van der Waals surface area contributed by atoms with Crippen LogP contribution in [0.4, 0.5) is 0 Å². The minimum atomic E-state index is -1.34. The predicted molar refractivity (Wildman–Crippen MR) is 111 cm³/mol. The van der Waals surface area contributed by atoms with Crippen molar-refractivity contribution >= 4 is 17.9 Å². The third-order valence-corrected chi connectivity index (χ3v) is 5.84.